The van der Waals surface area contributed by atoms with Crippen LogP contribution >= 0.6 is 11.6 Å². The number of aromatic amines is 1. The quantitative estimate of drug-likeness (QED) is 0.908. The highest BCUT2D eigenvalue weighted by Gasteiger charge is 2.53. The van der Waals surface area contributed by atoms with Crippen LogP contribution in [0.1, 0.15) is 24.0 Å². The maximum absolute atomic E-state index is 12.8. The Morgan fingerprint density at radius 2 is 2.09 bits per heavy atom. The molecule has 0 unspecified atom stereocenters. The van der Waals surface area contributed by atoms with Crippen molar-refractivity contribution in [2.24, 2.45) is 0 Å². The van der Waals surface area contributed by atoms with Crippen LogP contribution < -0.4 is 5.32 Å². The molecular weight excluding hydrogens is 321 g/mol. The zero-order chi connectivity index (χ0) is 16.0. The van der Waals surface area contributed by atoms with Gasteiger partial charge in [-0.15, -0.1) is 0 Å². The van der Waals surface area contributed by atoms with Gasteiger partial charge in [0.05, 0.1) is 11.0 Å². The van der Waals surface area contributed by atoms with Crippen LogP contribution in [0.25, 0.3) is 0 Å². The zero-order valence-corrected chi connectivity index (χ0v) is 11.8. The summed E-state index contributed by atoms with van der Waals surface area (Å²) in [5, 5.41) is 8.69. The first kappa shape index (κ1) is 14.8. The molecule has 1 fully saturated rings. The Labute approximate surface area is 127 Å². The predicted molar refractivity (Wildman–Crippen MR) is 72.4 cm³/mol. The lowest BCUT2D eigenvalue weighted by molar-refractivity contribution is -0.137. The fourth-order valence-corrected chi connectivity index (χ4v) is 2.60. The topological polar surface area (TPSA) is 70.7 Å². The number of H-pyrrole nitrogens is 1. The molecule has 0 spiro atoms. The van der Waals surface area contributed by atoms with Crippen molar-refractivity contribution >= 4 is 23.5 Å². The van der Waals surface area contributed by atoms with Crippen molar-refractivity contribution in [3.63, 3.8) is 0 Å². The van der Waals surface area contributed by atoms with E-state index in [2.05, 4.69) is 20.5 Å². The number of hydrogen-bond donors (Lipinski definition) is 2. The van der Waals surface area contributed by atoms with Crippen molar-refractivity contribution < 1.29 is 18.0 Å². The van der Waals surface area contributed by atoms with Gasteiger partial charge in [0.15, 0.2) is 0 Å². The molecule has 1 heterocycles. The number of rotatable bonds is 3. The molecule has 1 aliphatic rings. The van der Waals surface area contributed by atoms with E-state index in [1.54, 1.807) is 0 Å². The Morgan fingerprint density at radius 3 is 2.64 bits per heavy atom. The smallest absolute Gasteiger partial charge is 0.294 e. The van der Waals surface area contributed by atoms with E-state index in [1.165, 1.54) is 12.4 Å². The van der Waals surface area contributed by atoms with Gasteiger partial charge in [-0.1, -0.05) is 11.6 Å². The Morgan fingerprint density at radius 1 is 1.36 bits per heavy atom. The van der Waals surface area contributed by atoms with Gasteiger partial charge in [-0.25, -0.2) is 5.10 Å². The van der Waals surface area contributed by atoms with Crippen molar-refractivity contribution in [2.45, 2.75) is 24.4 Å². The molecular formula is C13H10ClF3N4O. The minimum Gasteiger partial charge on any atom is -0.294 e. The SMILES string of the molecule is O=C(Nc1ncn[nH]1)C1(c2cc(C(F)(F)F)ccc2Cl)CC1. The number of alkyl halides is 3. The molecule has 1 aromatic carbocycles. The Hall–Kier alpha value is -2.09. The first-order valence-corrected chi connectivity index (χ1v) is 6.75. The lowest BCUT2D eigenvalue weighted by Crippen LogP contribution is -2.29. The average molecular weight is 331 g/mol. The summed E-state index contributed by atoms with van der Waals surface area (Å²) in [6.07, 6.45) is -2.43. The second-order valence-corrected chi connectivity index (χ2v) is 5.47. The summed E-state index contributed by atoms with van der Waals surface area (Å²) >= 11 is 6.01. The standard InChI is InChI=1S/C13H10ClF3N4O/c14-9-2-1-7(13(15,16)17)5-8(9)12(3-4-12)10(22)20-11-18-6-19-21-11/h1-2,5-6H,3-4H2,(H2,18,19,20,21,22). The van der Waals surface area contributed by atoms with Gasteiger partial charge < -0.3 is 0 Å². The number of carbonyl (C=O) groups is 1. The minimum atomic E-state index is -4.49. The van der Waals surface area contributed by atoms with Crippen LogP contribution in [0.4, 0.5) is 19.1 Å². The van der Waals surface area contributed by atoms with E-state index in [0.717, 1.165) is 12.1 Å². The van der Waals surface area contributed by atoms with Gasteiger partial charge in [0.2, 0.25) is 11.9 Å². The number of anilines is 1. The second-order valence-electron chi connectivity index (χ2n) is 5.06. The van der Waals surface area contributed by atoms with E-state index in [-0.39, 0.29) is 16.5 Å². The Kier molecular flexibility index (Phi) is 3.36. The molecule has 5 nitrogen and oxygen atoms in total. The monoisotopic (exact) mass is 330 g/mol. The molecule has 0 radical (unpaired) electrons. The average Bonchev–Trinajstić information content (AvgIpc) is 3.10. The Bertz CT molecular complexity index is 711. The van der Waals surface area contributed by atoms with Crippen molar-refractivity contribution in [1.29, 1.82) is 0 Å². The third-order valence-electron chi connectivity index (χ3n) is 3.64. The summed E-state index contributed by atoms with van der Waals surface area (Å²) in [5.74, 6) is -0.315. The lowest BCUT2D eigenvalue weighted by atomic mass is 9.93. The van der Waals surface area contributed by atoms with Gasteiger partial charge >= 0.3 is 6.18 Å². The fourth-order valence-electron chi connectivity index (χ4n) is 2.30. The summed E-state index contributed by atoms with van der Waals surface area (Å²) in [5.41, 5.74) is -1.70. The molecule has 1 amide bonds. The molecule has 0 aliphatic heterocycles. The largest absolute Gasteiger partial charge is 0.416 e. The highest BCUT2D eigenvalue weighted by molar-refractivity contribution is 6.32. The zero-order valence-electron chi connectivity index (χ0n) is 11.0. The number of hydrogen-bond acceptors (Lipinski definition) is 3. The first-order chi connectivity index (χ1) is 10.3. The van der Waals surface area contributed by atoms with Gasteiger partial charge in [-0.05, 0) is 36.6 Å². The molecule has 1 aromatic heterocycles. The number of nitrogens with zero attached hydrogens (tertiary/aromatic N) is 2. The number of halogens is 4. The van der Waals surface area contributed by atoms with Gasteiger partial charge in [0.25, 0.3) is 0 Å². The molecule has 0 atom stereocenters. The number of benzene rings is 1. The van der Waals surface area contributed by atoms with Gasteiger partial charge in [0.1, 0.15) is 6.33 Å². The first-order valence-electron chi connectivity index (χ1n) is 6.37. The van der Waals surface area contributed by atoms with Crippen molar-refractivity contribution in [1.82, 2.24) is 15.2 Å². The molecule has 0 saturated heterocycles. The van der Waals surface area contributed by atoms with Crippen LogP contribution in [-0.2, 0) is 16.4 Å². The third kappa shape index (κ3) is 2.54. The van der Waals surface area contributed by atoms with E-state index >= 15 is 0 Å². The van der Waals surface area contributed by atoms with Crippen LogP contribution in [0, 0.1) is 0 Å². The molecule has 2 aromatic rings. The maximum Gasteiger partial charge on any atom is 0.416 e. The summed E-state index contributed by atoms with van der Waals surface area (Å²) < 4.78 is 38.5. The van der Waals surface area contributed by atoms with Crippen LogP contribution in [0.2, 0.25) is 5.02 Å². The molecule has 3 rings (SSSR count). The van der Waals surface area contributed by atoms with Gasteiger partial charge in [0, 0.05) is 5.02 Å². The summed E-state index contributed by atoms with van der Waals surface area (Å²) in [6, 6.07) is 3.01. The number of amides is 1. The highest BCUT2D eigenvalue weighted by Crippen LogP contribution is 2.52. The summed E-state index contributed by atoms with van der Waals surface area (Å²) in [6.45, 7) is 0. The third-order valence-corrected chi connectivity index (χ3v) is 3.97. The van der Waals surface area contributed by atoms with E-state index < -0.39 is 23.1 Å². The number of aromatic nitrogens is 3. The second kappa shape index (κ2) is 4.98. The summed E-state index contributed by atoms with van der Waals surface area (Å²) in [4.78, 5) is 16.1. The van der Waals surface area contributed by atoms with Crippen molar-refractivity contribution in [3.8, 4) is 0 Å². The molecule has 1 saturated carbocycles. The van der Waals surface area contributed by atoms with Crippen LogP contribution in [0.3, 0.4) is 0 Å². The number of nitrogens with one attached hydrogen (secondary N) is 2. The van der Waals surface area contributed by atoms with E-state index in [1.807, 2.05) is 0 Å². The molecule has 22 heavy (non-hydrogen) atoms. The van der Waals surface area contributed by atoms with E-state index in [4.69, 9.17) is 11.6 Å². The normalized spacial score (nSPS) is 16.4. The molecule has 116 valence electrons. The van der Waals surface area contributed by atoms with Gasteiger partial charge in [-0.3, -0.25) is 10.1 Å². The molecule has 0 bridgehead atoms. The Balaban J connectivity index is 1.94. The fraction of sp³-hybridized carbons (Fsp3) is 0.308. The summed E-state index contributed by atoms with van der Waals surface area (Å²) in [7, 11) is 0. The highest BCUT2D eigenvalue weighted by atomic mass is 35.5. The van der Waals surface area contributed by atoms with E-state index in [9.17, 15) is 18.0 Å². The molecule has 1 aliphatic carbocycles. The number of carbonyl (C=O) groups excluding carboxylic acids is 1. The molecule has 2 N–H and O–H groups in total. The molecule has 9 heteroatoms. The maximum atomic E-state index is 12.8. The van der Waals surface area contributed by atoms with Crippen molar-refractivity contribution in [2.75, 3.05) is 5.32 Å². The minimum absolute atomic E-state index is 0.137. The van der Waals surface area contributed by atoms with Crippen molar-refractivity contribution in [3.05, 3.63) is 40.7 Å². The predicted octanol–water partition coefficient (Wildman–Crippen LogP) is 3.15. The van der Waals surface area contributed by atoms with Gasteiger partial charge in [-0.2, -0.15) is 23.3 Å². The van der Waals surface area contributed by atoms with E-state index in [0.29, 0.717) is 12.8 Å². The van der Waals surface area contributed by atoms with Crippen LogP contribution in [0.15, 0.2) is 24.5 Å². The van der Waals surface area contributed by atoms with Crippen LogP contribution in [-0.4, -0.2) is 21.1 Å². The van der Waals surface area contributed by atoms with Crippen LogP contribution in [0.5, 0.6) is 0 Å². The lowest BCUT2D eigenvalue weighted by Gasteiger charge is -2.18.